The van der Waals surface area contributed by atoms with Crippen LogP contribution in [0, 0.1) is 0 Å². The van der Waals surface area contributed by atoms with E-state index in [1.165, 1.54) is 12.3 Å². The van der Waals surface area contributed by atoms with Gasteiger partial charge in [-0.3, -0.25) is 0 Å². The minimum absolute atomic E-state index is 0.100. The van der Waals surface area contributed by atoms with Gasteiger partial charge in [-0.15, -0.1) is 0 Å². The molecule has 5 heteroatoms. The van der Waals surface area contributed by atoms with Gasteiger partial charge in [-0.2, -0.15) is 0 Å². The van der Waals surface area contributed by atoms with Gasteiger partial charge in [-0.05, 0) is 13.0 Å². The van der Waals surface area contributed by atoms with Gasteiger partial charge in [0.15, 0.2) is 0 Å². The Labute approximate surface area is 87.1 Å². The molecule has 1 aromatic rings. The minimum Gasteiger partial charge on any atom is -0.478 e. The predicted octanol–water partition coefficient (Wildman–Crippen LogP) is 1.89. The second-order valence-electron chi connectivity index (χ2n) is 2.85. The summed E-state index contributed by atoms with van der Waals surface area (Å²) in [6.07, 6.45) is 1.30. The SMILES string of the molecule is CCN(C)c1ncc(C(=O)O)cc1Cl. The molecule has 0 unspecified atom stereocenters. The predicted molar refractivity (Wildman–Crippen MR) is 55.2 cm³/mol. The normalized spacial score (nSPS) is 9.93. The highest BCUT2D eigenvalue weighted by atomic mass is 35.5. The molecule has 1 heterocycles. The lowest BCUT2D eigenvalue weighted by atomic mass is 10.3. The van der Waals surface area contributed by atoms with Gasteiger partial charge in [0.05, 0.1) is 10.6 Å². The van der Waals surface area contributed by atoms with Crippen LogP contribution in [0.1, 0.15) is 17.3 Å². The number of pyridine rings is 1. The highest BCUT2D eigenvalue weighted by Gasteiger charge is 2.10. The average Bonchev–Trinajstić information content (AvgIpc) is 2.16. The van der Waals surface area contributed by atoms with Crippen LogP contribution in [-0.4, -0.2) is 29.7 Å². The van der Waals surface area contributed by atoms with E-state index >= 15 is 0 Å². The Kier molecular flexibility index (Phi) is 3.30. The van der Waals surface area contributed by atoms with Crippen molar-refractivity contribution in [1.29, 1.82) is 0 Å². The summed E-state index contributed by atoms with van der Waals surface area (Å²) < 4.78 is 0. The van der Waals surface area contributed by atoms with E-state index in [9.17, 15) is 4.79 Å². The maximum absolute atomic E-state index is 10.6. The van der Waals surface area contributed by atoms with Gasteiger partial charge in [-0.1, -0.05) is 11.6 Å². The van der Waals surface area contributed by atoms with Crippen molar-refractivity contribution in [3.63, 3.8) is 0 Å². The number of carboxylic acids is 1. The van der Waals surface area contributed by atoms with Crippen LogP contribution in [0.2, 0.25) is 5.02 Å². The van der Waals surface area contributed by atoms with Crippen LogP contribution < -0.4 is 4.90 Å². The van der Waals surface area contributed by atoms with Crippen LogP contribution in [0.15, 0.2) is 12.3 Å². The molecule has 14 heavy (non-hydrogen) atoms. The van der Waals surface area contributed by atoms with Crippen molar-refractivity contribution in [2.75, 3.05) is 18.5 Å². The standard InChI is InChI=1S/C9H11ClN2O2/c1-3-12(2)8-7(10)4-6(5-11-8)9(13)14/h4-5H,3H2,1-2H3,(H,13,14). The van der Waals surface area contributed by atoms with Crippen LogP contribution in [0.5, 0.6) is 0 Å². The molecule has 76 valence electrons. The van der Waals surface area contributed by atoms with Crippen LogP contribution in [0.3, 0.4) is 0 Å². The molecule has 0 amide bonds. The molecule has 0 bridgehead atoms. The first kappa shape index (κ1) is 10.8. The summed E-state index contributed by atoms with van der Waals surface area (Å²) in [5.74, 6) is -0.427. The number of rotatable bonds is 3. The van der Waals surface area contributed by atoms with Crippen molar-refractivity contribution in [2.45, 2.75) is 6.92 Å². The highest BCUT2D eigenvalue weighted by molar-refractivity contribution is 6.33. The number of anilines is 1. The van der Waals surface area contributed by atoms with Crippen molar-refractivity contribution < 1.29 is 9.90 Å². The maximum Gasteiger partial charge on any atom is 0.337 e. The lowest BCUT2D eigenvalue weighted by Gasteiger charge is -2.16. The van der Waals surface area contributed by atoms with E-state index in [4.69, 9.17) is 16.7 Å². The van der Waals surface area contributed by atoms with Crippen molar-refractivity contribution in [3.05, 3.63) is 22.8 Å². The zero-order chi connectivity index (χ0) is 10.7. The van der Waals surface area contributed by atoms with Crippen LogP contribution in [-0.2, 0) is 0 Å². The topological polar surface area (TPSA) is 53.4 Å². The van der Waals surface area contributed by atoms with Gasteiger partial charge in [0.1, 0.15) is 5.82 Å². The quantitative estimate of drug-likeness (QED) is 0.835. The van der Waals surface area contributed by atoms with E-state index in [0.29, 0.717) is 10.8 Å². The summed E-state index contributed by atoms with van der Waals surface area (Å²) in [5.41, 5.74) is 0.100. The fourth-order valence-corrected chi connectivity index (χ4v) is 1.29. The van der Waals surface area contributed by atoms with E-state index in [0.717, 1.165) is 6.54 Å². The van der Waals surface area contributed by atoms with Crippen molar-refractivity contribution in [1.82, 2.24) is 4.98 Å². The van der Waals surface area contributed by atoms with Gasteiger partial charge in [0.2, 0.25) is 0 Å². The molecular formula is C9H11ClN2O2. The molecule has 0 aliphatic rings. The number of aromatic nitrogens is 1. The van der Waals surface area contributed by atoms with Gasteiger partial charge >= 0.3 is 5.97 Å². The Morgan fingerprint density at radius 3 is 2.79 bits per heavy atom. The van der Waals surface area contributed by atoms with Gasteiger partial charge in [0, 0.05) is 19.8 Å². The molecule has 0 spiro atoms. The van der Waals surface area contributed by atoms with Crippen LogP contribution in [0.4, 0.5) is 5.82 Å². The lowest BCUT2D eigenvalue weighted by molar-refractivity contribution is 0.0696. The zero-order valence-electron chi connectivity index (χ0n) is 7.99. The first-order valence-corrected chi connectivity index (χ1v) is 4.54. The number of carboxylic acid groups (broad SMARTS) is 1. The number of hydrogen-bond acceptors (Lipinski definition) is 3. The van der Waals surface area contributed by atoms with Crippen molar-refractivity contribution >= 4 is 23.4 Å². The van der Waals surface area contributed by atoms with Crippen molar-refractivity contribution in [2.24, 2.45) is 0 Å². The lowest BCUT2D eigenvalue weighted by Crippen LogP contribution is -2.18. The third-order valence-electron chi connectivity index (χ3n) is 1.90. The van der Waals surface area contributed by atoms with Crippen molar-refractivity contribution in [3.8, 4) is 0 Å². The summed E-state index contributed by atoms with van der Waals surface area (Å²) >= 11 is 5.88. The Morgan fingerprint density at radius 2 is 2.36 bits per heavy atom. The van der Waals surface area contributed by atoms with Crippen LogP contribution >= 0.6 is 11.6 Å². The Balaban J connectivity index is 3.07. The second kappa shape index (κ2) is 4.28. The molecule has 0 saturated carbocycles. The first-order valence-electron chi connectivity index (χ1n) is 4.16. The van der Waals surface area contributed by atoms with Crippen LogP contribution in [0.25, 0.3) is 0 Å². The number of halogens is 1. The Hall–Kier alpha value is -1.29. The Morgan fingerprint density at radius 1 is 1.71 bits per heavy atom. The second-order valence-corrected chi connectivity index (χ2v) is 3.26. The molecule has 0 fully saturated rings. The molecule has 0 atom stereocenters. The third-order valence-corrected chi connectivity index (χ3v) is 2.18. The van der Waals surface area contributed by atoms with E-state index in [-0.39, 0.29) is 5.56 Å². The summed E-state index contributed by atoms with van der Waals surface area (Å²) in [6.45, 7) is 2.72. The number of hydrogen-bond donors (Lipinski definition) is 1. The maximum atomic E-state index is 10.6. The molecule has 1 aromatic heterocycles. The Bertz CT molecular complexity index is 355. The highest BCUT2D eigenvalue weighted by Crippen LogP contribution is 2.22. The molecule has 0 aliphatic heterocycles. The summed E-state index contributed by atoms with van der Waals surface area (Å²) in [7, 11) is 1.84. The average molecular weight is 215 g/mol. The summed E-state index contributed by atoms with van der Waals surface area (Å²) in [5, 5.41) is 9.04. The molecule has 1 N–H and O–H groups in total. The number of carbonyl (C=O) groups is 1. The van der Waals surface area contributed by atoms with Gasteiger partial charge in [-0.25, -0.2) is 9.78 Å². The van der Waals surface area contributed by atoms with E-state index in [1.807, 2.05) is 18.9 Å². The smallest absolute Gasteiger partial charge is 0.337 e. The first-order chi connectivity index (χ1) is 6.56. The van der Waals surface area contributed by atoms with Gasteiger partial charge < -0.3 is 10.0 Å². The van der Waals surface area contributed by atoms with E-state index in [1.54, 1.807) is 0 Å². The minimum atomic E-state index is -1.02. The molecule has 0 radical (unpaired) electrons. The molecule has 0 aromatic carbocycles. The zero-order valence-corrected chi connectivity index (χ0v) is 8.75. The largest absolute Gasteiger partial charge is 0.478 e. The fourth-order valence-electron chi connectivity index (χ4n) is 0.978. The number of aromatic carboxylic acids is 1. The molecule has 4 nitrogen and oxygen atoms in total. The summed E-state index contributed by atoms with van der Waals surface area (Å²) in [4.78, 5) is 16.4. The molecule has 0 aliphatic carbocycles. The number of nitrogens with zero attached hydrogens (tertiary/aromatic N) is 2. The third kappa shape index (κ3) is 2.14. The fraction of sp³-hybridized carbons (Fsp3) is 0.333. The van der Waals surface area contributed by atoms with E-state index in [2.05, 4.69) is 4.98 Å². The monoisotopic (exact) mass is 214 g/mol. The molecular weight excluding hydrogens is 204 g/mol. The van der Waals surface area contributed by atoms with Gasteiger partial charge in [0.25, 0.3) is 0 Å². The van der Waals surface area contributed by atoms with E-state index < -0.39 is 5.97 Å². The molecule has 0 saturated heterocycles. The molecule has 1 rings (SSSR count). The summed E-state index contributed by atoms with van der Waals surface area (Å²) in [6, 6.07) is 1.40.